The number of thioether (sulfide) groups is 1. The molecule has 1 heterocycles. The van der Waals surface area contributed by atoms with E-state index >= 15 is 0 Å². The molecule has 2 fully saturated rings. The van der Waals surface area contributed by atoms with E-state index in [2.05, 4.69) is 0 Å². The van der Waals surface area contributed by atoms with E-state index in [0.29, 0.717) is 25.1 Å². The third-order valence-corrected chi connectivity index (χ3v) is 5.98. The number of likely N-dealkylation sites (tertiary alicyclic amines) is 1. The lowest BCUT2D eigenvalue weighted by Gasteiger charge is -2.23. The van der Waals surface area contributed by atoms with Gasteiger partial charge < -0.3 is 10.0 Å². The van der Waals surface area contributed by atoms with Gasteiger partial charge in [0.1, 0.15) is 0 Å². The van der Waals surface area contributed by atoms with Crippen molar-refractivity contribution < 1.29 is 14.7 Å². The minimum atomic E-state index is -0.736. The molecule has 1 N–H and O–H groups in total. The summed E-state index contributed by atoms with van der Waals surface area (Å²) < 4.78 is 0. The van der Waals surface area contributed by atoms with Gasteiger partial charge in [-0.25, -0.2) is 0 Å². The lowest BCUT2D eigenvalue weighted by Crippen LogP contribution is -2.37. The summed E-state index contributed by atoms with van der Waals surface area (Å²) in [5, 5.41) is 9.64. The lowest BCUT2D eigenvalue weighted by molar-refractivity contribution is -0.149. The second-order valence-electron chi connectivity index (χ2n) is 6.42. The molecule has 1 saturated carbocycles. The number of carboxylic acids is 1. The van der Waals surface area contributed by atoms with Crippen molar-refractivity contribution >= 4 is 23.6 Å². The second kappa shape index (κ2) is 5.61. The number of benzene rings is 1. The predicted octanol–water partition coefficient (Wildman–Crippen LogP) is 3.04. The van der Waals surface area contributed by atoms with Crippen LogP contribution in [-0.2, 0) is 4.79 Å². The first-order valence-corrected chi connectivity index (χ1v) is 8.88. The number of rotatable bonds is 3. The lowest BCUT2D eigenvalue weighted by atomic mass is 9.81. The van der Waals surface area contributed by atoms with Gasteiger partial charge in [-0.05, 0) is 49.6 Å². The molecule has 118 valence electrons. The summed E-state index contributed by atoms with van der Waals surface area (Å²) in [6.07, 6.45) is 4.55. The molecule has 3 rings (SSSR count). The summed E-state index contributed by atoms with van der Waals surface area (Å²) in [6.45, 7) is 2.87. The molecule has 4 nitrogen and oxygen atoms in total. The molecule has 22 heavy (non-hydrogen) atoms. The van der Waals surface area contributed by atoms with Crippen LogP contribution in [0.25, 0.3) is 0 Å². The van der Waals surface area contributed by atoms with Crippen molar-refractivity contribution in [3.05, 3.63) is 29.3 Å². The van der Waals surface area contributed by atoms with Gasteiger partial charge in [0.05, 0.1) is 5.41 Å². The molecule has 1 aliphatic carbocycles. The van der Waals surface area contributed by atoms with Gasteiger partial charge in [0.25, 0.3) is 5.91 Å². The molecule has 5 heteroatoms. The van der Waals surface area contributed by atoms with Crippen molar-refractivity contribution in [2.24, 2.45) is 11.3 Å². The van der Waals surface area contributed by atoms with Gasteiger partial charge in [-0.1, -0.05) is 12.5 Å². The molecular weight excluding hydrogens is 298 g/mol. The van der Waals surface area contributed by atoms with Crippen LogP contribution in [0.5, 0.6) is 0 Å². The molecule has 2 aliphatic rings. The van der Waals surface area contributed by atoms with Crippen molar-refractivity contribution in [2.75, 3.05) is 19.3 Å². The molecule has 0 bridgehead atoms. The van der Waals surface area contributed by atoms with Crippen LogP contribution in [0.3, 0.4) is 0 Å². The summed E-state index contributed by atoms with van der Waals surface area (Å²) in [5.41, 5.74) is 0.942. The topological polar surface area (TPSA) is 57.6 Å². The Bertz CT molecular complexity index is 630. The largest absolute Gasteiger partial charge is 0.481 e. The summed E-state index contributed by atoms with van der Waals surface area (Å²) in [4.78, 5) is 27.4. The molecule has 2 atom stereocenters. The first kappa shape index (κ1) is 15.4. The molecular formula is C17H21NO3S. The fraction of sp³-hybridized carbons (Fsp3) is 0.529. The van der Waals surface area contributed by atoms with Crippen LogP contribution in [-0.4, -0.2) is 41.2 Å². The van der Waals surface area contributed by atoms with Crippen LogP contribution in [0.4, 0.5) is 0 Å². The minimum absolute atomic E-state index is 0.0246. The van der Waals surface area contributed by atoms with Crippen molar-refractivity contribution in [1.29, 1.82) is 0 Å². The number of hydrogen-bond donors (Lipinski definition) is 1. The van der Waals surface area contributed by atoms with Crippen LogP contribution >= 0.6 is 11.8 Å². The van der Waals surface area contributed by atoms with E-state index in [9.17, 15) is 14.7 Å². The summed E-state index contributed by atoms with van der Waals surface area (Å²) in [7, 11) is 0. The average Bonchev–Trinajstić information content (AvgIpc) is 3.05. The maximum atomic E-state index is 12.9. The van der Waals surface area contributed by atoms with Crippen molar-refractivity contribution in [3.8, 4) is 0 Å². The predicted molar refractivity (Wildman–Crippen MR) is 86.3 cm³/mol. The molecule has 0 unspecified atom stereocenters. The fourth-order valence-electron chi connectivity index (χ4n) is 3.92. The molecule has 0 spiro atoms. The van der Waals surface area contributed by atoms with Crippen molar-refractivity contribution in [3.63, 3.8) is 0 Å². The molecule has 1 aromatic rings. The minimum Gasteiger partial charge on any atom is -0.481 e. The maximum Gasteiger partial charge on any atom is 0.311 e. The highest BCUT2D eigenvalue weighted by Gasteiger charge is 2.55. The zero-order chi connectivity index (χ0) is 15.9. The van der Waals surface area contributed by atoms with Gasteiger partial charge in [0, 0.05) is 23.5 Å². The van der Waals surface area contributed by atoms with Crippen molar-refractivity contribution in [2.45, 2.75) is 31.1 Å². The zero-order valence-electron chi connectivity index (χ0n) is 13.0. The number of carbonyl (C=O) groups is 2. The van der Waals surface area contributed by atoms with Gasteiger partial charge in [-0.2, -0.15) is 0 Å². The maximum absolute atomic E-state index is 12.9. The Balaban J connectivity index is 1.87. The Labute approximate surface area is 134 Å². The molecule has 0 radical (unpaired) electrons. The highest BCUT2D eigenvalue weighted by molar-refractivity contribution is 7.98. The Morgan fingerprint density at radius 2 is 2.18 bits per heavy atom. The van der Waals surface area contributed by atoms with E-state index in [-0.39, 0.29) is 11.8 Å². The van der Waals surface area contributed by atoms with Crippen LogP contribution in [0.15, 0.2) is 23.1 Å². The Kier molecular flexibility index (Phi) is 3.93. The fourth-order valence-corrected chi connectivity index (χ4v) is 4.36. The average molecular weight is 319 g/mol. The number of nitrogens with zero attached hydrogens (tertiary/aromatic N) is 1. The van der Waals surface area contributed by atoms with Crippen LogP contribution < -0.4 is 0 Å². The van der Waals surface area contributed by atoms with E-state index in [1.807, 2.05) is 31.4 Å². The number of carbonyl (C=O) groups excluding carboxylic acids is 1. The molecule has 1 aromatic carbocycles. The highest BCUT2D eigenvalue weighted by Crippen LogP contribution is 2.49. The first-order chi connectivity index (χ1) is 10.5. The molecule has 0 aromatic heterocycles. The number of fused-ring (bicyclic) bond motifs is 1. The monoisotopic (exact) mass is 319 g/mol. The third-order valence-electron chi connectivity index (χ3n) is 5.26. The van der Waals surface area contributed by atoms with Crippen LogP contribution in [0.2, 0.25) is 0 Å². The van der Waals surface area contributed by atoms with Crippen molar-refractivity contribution in [1.82, 2.24) is 4.90 Å². The van der Waals surface area contributed by atoms with Gasteiger partial charge >= 0.3 is 5.97 Å². The van der Waals surface area contributed by atoms with E-state index < -0.39 is 11.4 Å². The molecule has 1 saturated heterocycles. The van der Waals surface area contributed by atoms with Gasteiger partial charge in [-0.15, -0.1) is 11.8 Å². The van der Waals surface area contributed by atoms with Gasteiger partial charge in [-0.3, -0.25) is 9.59 Å². The van der Waals surface area contributed by atoms with Gasteiger partial charge in [0.2, 0.25) is 0 Å². The second-order valence-corrected chi connectivity index (χ2v) is 7.30. The van der Waals surface area contributed by atoms with E-state index in [4.69, 9.17) is 0 Å². The normalized spacial score (nSPS) is 27.0. The molecule has 1 aliphatic heterocycles. The standard InChI is InChI=1S/C17H21NO3S/c1-11-5-6-13(22-2)8-14(11)15(19)18-9-12-4-3-7-17(12,10-18)16(20)21/h5-6,8,12H,3-4,7,9-10H2,1-2H3,(H,20,21)/t12-,17+/m0/s1. The van der Waals surface area contributed by atoms with E-state index in [0.717, 1.165) is 23.3 Å². The number of carboxylic acid groups (broad SMARTS) is 1. The third kappa shape index (κ3) is 2.32. The van der Waals surface area contributed by atoms with Crippen LogP contribution in [0.1, 0.15) is 35.2 Å². The Hall–Kier alpha value is -1.49. The number of hydrogen-bond acceptors (Lipinski definition) is 3. The SMILES string of the molecule is CSc1ccc(C)c(C(=O)N2C[C@@H]3CCC[C@@]3(C(=O)O)C2)c1. The molecule has 1 amide bonds. The number of aliphatic carboxylic acids is 1. The number of amides is 1. The zero-order valence-corrected chi connectivity index (χ0v) is 13.8. The Morgan fingerprint density at radius 1 is 1.41 bits per heavy atom. The van der Waals surface area contributed by atoms with Gasteiger partial charge in [0.15, 0.2) is 0 Å². The first-order valence-electron chi connectivity index (χ1n) is 7.65. The number of aryl methyl sites for hydroxylation is 1. The summed E-state index contributed by atoms with van der Waals surface area (Å²) in [6, 6.07) is 5.89. The summed E-state index contributed by atoms with van der Waals surface area (Å²) >= 11 is 1.61. The highest BCUT2D eigenvalue weighted by atomic mass is 32.2. The van der Waals surface area contributed by atoms with E-state index in [1.165, 1.54) is 0 Å². The summed E-state index contributed by atoms with van der Waals surface area (Å²) in [5.74, 6) is -0.652. The Morgan fingerprint density at radius 3 is 2.82 bits per heavy atom. The smallest absolute Gasteiger partial charge is 0.311 e. The van der Waals surface area contributed by atoms with E-state index in [1.54, 1.807) is 16.7 Å². The van der Waals surface area contributed by atoms with Crippen LogP contribution in [0, 0.1) is 18.3 Å². The quantitative estimate of drug-likeness (QED) is 0.870.